The first kappa shape index (κ1) is 28.3. The third kappa shape index (κ3) is 7.61. The van der Waals surface area contributed by atoms with Crippen LogP contribution in [0.1, 0.15) is 19.4 Å². The van der Waals surface area contributed by atoms with Crippen LogP contribution in [-0.4, -0.2) is 61.4 Å². The van der Waals surface area contributed by atoms with Crippen molar-refractivity contribution >= 4 is 69.1 Å². The summed E-state index contributed by atoms with van der Waals surface area (Å²) in [5.74, 6) is -0.205. The SMILES string of the molecule is CCOC(=O)COc1c(I)cc(/C=C2/SC(=O)N(CC(=O)Nc3ccc(OC)cc3)C2=O)cc1OCC. The fraction of sp³-hybridized carbons (Fsp3) is 0.280. The van der Waals surface area contributed by atoms with Crippen molar-refractivity contribution in [3.8, 4) is 17.2 Å². The van der Waals surface area contributed by atoms with Gasteiger partial charge in [0, 0.05) is 5.69 Å². The smallest absolute Gasteiger partial charge is 0.344 e. The lowest BCUT2D eigenvalue weighted by molar-refractivity contribution is -0.145. The standard InChI is InChI=1S/C25H25IN2O8S/c1-4-34-19-11-15(10-18(26)23(19)36-14-22(30)35-5-2)12-20-24(31)28(25(32)37-20)13-21(29)27-16-6-8-17(33-3)9-7-16/h6-12H,4-5,13-14H2,1-3H3,(H,27,29)/b20-12+. The molecular weight excluding hydrogens is 615 g/mol. The fourth-order valence-corrected chi connectivity index (χ4v) is 4.83. The lowest BCUT2D eigenvalue weighted by Crippen LogP contribution is -2.36. The van der Waals surface area contributed by atoms with E-state index in [1.165, 1.54) is 7.11 Å². The highest BCUT2D eigenvalue weighted by Gasteiger charge is 2.36. The Kier molecular flexibility index (Phi) is 10.2. The first-order valence-corrected chi connectivity index (χ1v) is 13.1. The molecule has 3 rings (SSSR count). The lowest BCUT2D eigenvalue weighted by Gasteiger charge is -2.14. The average molecular weight is 640 g/mol. The molecule has 2 aromatic carbocycles. The summed E-state index contributed by atoms with van der Waals surface area (Å²) in [4.78, 5) is 50.6. The number of hydrogen-bond donors (Lipinski definition) is 1. The van der Waals surface area contributed by atoms with Crippen LogP contribution in [0.4, 0.5) is 10.5 Å². The third-order valence-corrected chi connectivity index (χ3v) is 6.53. The summed E-state index contributed by atoms with van der Waals surface area (Å²) < 4.78 is 21.9. The highest BCUT2D eigenvalue weighted by molar-refractivity contribution is 14.1. The Hall–Kier alpha value is -3.26. The Balaban J connectivity index is 1.73. The molecule has 1 saturated heterocycles. The Morgan fingerprint density at radius 1 is 1.08 bits per heavy atom. The van der Waals surface area contributed by atoms with Gasteiger partial charge in [0.05, 0.1) is 28.8 Å². The summed E-state index contributed by atoms with van der Waals surface area (Å²) in [5.41, 5.74) is 1.10. The molecule has 196 valence electrons. The molecule has 0 aliphatic carbocycles. The minimum atomic E-state index is -0.574. The van der Waals surface area contributed by atoms with Gasteiger partial charge in [0.2, 0.25) is 5.91 Å². The van der Waals surface area contributed by atoms with Crippen molar-refractivity contribution in [3.05, 3.63) is 50.4 Å². The van der Waals surface area contributed by atoms with Crippen molar-refractivity contribution in [2.45, 2.75) is 13.8 Å². The van der Waals surface area contributed by atoms with Gasteiger partial charge in [0.15, 0.2) is 18.1 Å². The molecule has 1 heterocycles. The van der Waals surface area contributed by atoms with E-state index in [1.54, 1.807) is 56.3 Å². The number of hydrogen-bond acceptors (Lipinski definition) is 9. The van der Waals surface area contributed by atoms with Crippen LogP contribution in [0.5, 0.6) is 17.2 Å². The summed E-state index contributed by atoms with van der Waals surface area (Å²) in [6.45, 7) is 3.40. The van der Waals surface area contributed by atoms with Crippen molar-refractivity contribution in [2.24, 2.45) is 0 Å². The molecule has 0 unspecified atom stereocenters. The van der Waals surface area contributed by atoms with E-state index in [4.69, 9.17) is 18.9 Å². The van der Waals surface area contributed by atoms with Crippen molar-refractivity contribution in [1.29, 1.82) is 0 Å². The molecule has 0 bridgehead atoms. The first-order chi connectivity index (χ1) is 17.7. The monoisotopic (exact) mass is 640 g/mol. The van der Waals surface area contributed by atoms with Crippen LogP contribution in [0.25, 0.3) is 6.08 Å². The van der Waals surface area contributed by atoms with Gasteiger partial charge in [-0.15, -0.1) is 0 Å². The molecule has 1 N–H and O–H groups in total. The van der Waals surface area contributed by atoms with Gasteiger partial charge in [0.25, 0.3) is 11.1 Å². The Bertz CT molecular complexity index is 1220. The number of ether oxygens (including phenoxy) is 4. The van der Waals surface area contributed by atoms with Crippen LogP contribution in [0.15, 0.2) is 41.3 Å². The maximum absolute atomic E-state index is 12.9. The van der Waals surface area contributed by atoms with Crippen LogP contribution in [0.3, 0.4) is 0 Å². The molecular formula is C25H25IN2O8S. The van der Waals surface area contributed by atoms with E-state index in [0.29, 0.717) is 38.7 Å². The molecule has 2 aromatic rings. The number of nitrogens with one attached hydrogen (secondary N) is 1. The van der Waals surface area contributed by atoms with Crippen LogP contribution < -0.4 is 19.5 Å². The molecule has 0 saturated carbocycles. The highest BCUT2D eigenvalue weighted by Crippen LogP contribution is 2.37. The molecule has 10 nitrogen and oxygen atoms in total. The second-order valence-corrected chi connectivity index (χ2v) is 9.56. The zero-order valence-corrected chi connectivity index (χ0v) is 23.3. The Morgan fingerprint density at radius 2 is 1.81 bits per heavy atom. The zero-order chi connectivity index (χ0) is 26.9. The number of benzene rings is 2. The third-order valence-electron chi connectivity index (χ3n) is 4.82. The molecule has 1 aliphatic heterocycles. The van der Waals surface area contributed by atoms with E-state index in [2.05, 4.69) is 5.32 Å². The van der Waals surface area contributed by atoms with E-state index in [1.807, 2.05) is 22.6 Å². The number of halogens is 1. The van der Waals surface area contributed by atoms with Crippen LogP contribution in [-0.2, 0) is 19.1 Å². The largest absolute Gasteiger partial charge is 0.497 e. The summed E-state index contributed by atoms with van der Waals surface area (Å²) >= 11 is 2.78. The molecule has 0 radical (unpaired) electrons. The summed E-state index contributed by atoms with van der Waals surface area (Å²) in [6, 6.07) is 10.1. The topological polar surface area (TPSA) is 120 Å². The lowest BCUT2D eigenvalue weighted by atomic mass is 10.2. The number of methoxy groups -OCH3 is 1. The maximum atomic E-state index is 12.9. The molecule has 37 heavy (non-hydrogen) atoms. The van der Waals surface area contributed by atoms with E-state index < -0.39 is 29.6 Å². The number of amides is 3. The molecule has 3 amide bonds. The molecule has 0 aromatic heterocycles. The first-order valence-electron chi connectivity index (χ1n) is 11.2. The van der Waals surface area contributed by atoms with Gasteiger partial charge in [-0.1, -0.05) is 0 Å². The van der Waals surface area contributed by atoms with Crippen LogP contribution >= 0.6 is 34.4 Å². The second-order valence-electron chi connectivity index (χ2n) is 7.40. The summed E-state index contributed by atoms with van der Waals surface area (Å²) in [6.07, 6.45) is 1.55. The van der Waals surface area contributed by atoms with Gasteiger partial charge in [-0.3, -0.25) is 19.3 Å². The number of rotatable bonds is 11. The number of carbonyl (C=O) groups excluding carboxylic acids is 4. The summed E-state index contributed by atoms with van der Waals surface area (Å²) in [5, 5.41) is 2.11. The number of carbonyl (C=O) groups is 4. The normalized spacial score (nSPS) is 14.1. The van der Waals surface area contributed by atoms with Gasteiger partial charge in [-0.05, 0) is 96.2 Å². The fourth-order valence-electron chi connectivity index (χ4n) is 3.21. The van der Waals surface area contributed by atoms with Crippen LogP contribution in [0.2, 0.25) is 0 Å². The van der Waals surface area contributed by atoms with Gasteiger partial charge >= 0.3 is 5.97 Å². The van der Waals surface area contributed by atoms with Gasteiger partial charge < -0.3 is 24.3 Å². The number of imide groups is 1. The number of anilines is 1. The van der Waals surface area contributed by atoms with Crippen molar-refractivity contribution in [3.63, 3.8) is 0 Å². The highest BCUT2D eigenvalue weighted by atomic mass is 127. The van der Waals surface area contributed by atoms with E-state index in [9.17, 15) is 19.2 Å². The second kappa shape index (κ2) is 13.3. The number of thioether (sulfide) groups is 1. The number of nitrogens with zero attached hydrogens (tertiary/aromatic N) is 1. The zero-order valence-electron chi connectivity index (χ0n) is 20.4. The molecule has 1 fully saturated rings. The average Bonchev–Trinajstić information content (AvgIpc) is 3.11. The quantitative estimate of drug-likeness (QED) is 0.218. The van der Waals surface area contributed by atoms with Crippen molar-refractivity contribution < 1.29 is 38.1 Å². The molecule has 0 spiro atoms. The van der Waals surface area contributed by atoms with E-state index in [0.717, 1.165) is 16.7 Å². The molecule has 1 aliphatic rings. The van der Waals surface area contributed by atoms with Crippen molar-refractivity contribution in [2.75, 3.05) is 38.8 Å². The Labute approximate surface area is 231 Å². The van der Waals surface area contributed by atoms with Crippen LogP contribution in [0, 0.1) is 3.57 Å². The minimum Gasteiger partial charge on any atom is -0.497 e. The predicted octanol–water partition coefficient (Wildman–Crippen LogP) is 4.32. The predicted molar refractivity (Wildman–Crippen MR) is 147 cm³/mol. The molecule has 0 atom stereocenters. The maximum Gasteiger partial charge on any atom is 0.344 e. The molecule has 12 heteroatoms. The van der Waals surface area contributed by atoms with Gasteiger partial charge in [-0.2, -0.15) is 0 Å². The Morgan fingerprint density at radius 3 is 2.46 bits per heavy atom. The summed E-state index contributed by atoms with van der Waals surface area (Å²) in [7, 11) is 1.54. The van der Waals surface area contributed by atoms with E-state index >= 15 is 0 Å². The van der Waals surface area contributed by atoms with E-state index in [-0.39, 0.29) is 18.1 Å². The van der Waals surface area contributed by atoms with Crippen molar-refractivity contribution in [1.82, 2.24) is 4.90 Å². The van der Waals surface area contributed by atoms with Gasteiger partial charge in [-0.25, -0.2) is 4.79 Å². The number of esters is 1. The minimum absolute atomic E-state index is 0.167. The van der Waals surface area contributed by atoms with Gasteiger partial charge in [0.1, 0.15) is 12.3 Å².